The van der Waals surface area contributed by atoms with Gasteiger partial charge in [0.1, 0.15) is 5.52 Å². The predicted octanol–water partition coefficient (Wildman–Crippen LogP) is 5.75. The number of aromatic nitrogens is 1. The predicted molar refractivity (Wildman–Crippen MR) is 127 cm³/mol. The summed E-state index contributed by atoms with van der Waals surface area (Å²) in [6.45, 7) is 1.54. The van der Waals surface area contributed by atoms with Crippen LogP contribution in [0.25, 0.3) is 33.3 Å². The summed E-state index contributed by atoms with van der Waals surface area (Å²) in [5.74, 6) is -0.587. The number of hydrogen-bond donors (Lipinski definition) is 1. The maximum Gasteiger partial charge on any atom is 0.339 e. The number of oxazole rings is 1. The van der Waals surface area contributed by atoms with Gasteiger partial charge in [-0.05, 0) is 54.3 Å². The van der Waals surface area contributed by atoms with Gasteiger partial charge in [0.2, 0.25) is 5.89 Å². The topological polar surface area (TPSA) is 81.4 Å². The van der Waals surface area contributed by atoms with Crippen molar-refractivity contribution >= 4 is 39.4 Å². The summed E-state index contributed by atoms with van der Waals surface area (Å²) in [4.78, 5) is 29.8. The van der Waals surface area contributed by atoms with E-state index in [1.165, 1.54) is 0 Å². The summed E-state index contributed by atoms with van der Waals surface area (Å²) < 4.78 is 11.3. The molecule has 1 amide bonds. The molecule has 6 nitrogen and oxygen atoms in total. The lowest BCUT2D eigenvalue weighted by Gasteiger charge is -2.10. The Bertz CT molecular complexity index is 1460. The van der Waals surface area contributed by atoms with Crippen molar-refractivity contribution in [1.29, 1.82) is 0 Å². The molecule has 0 radical (unpaired) electrons. The van der Waals surface area contributed by atoms with Crippen molar-refractivity contribution in [1.82, 2.24) is 4.98 Å². The molecule has 0 saturated heterocycles. The van der Waals surface area contributed by atoms with Crippen molar-refractivity contribution in [3.8, 4) is 11.5 Å². The van der Waals surface area contributed by atoms with Crippen LogP contribution in [0.5, 0.6) is 0 Å². The van der Waals surface area contributed by atoms with Gasteiger partial charge in [0.25, 0.3) is 5.91 Å². The Labute approximate surface area is 189 Å². The van der Waals surface area contributed by atoms with Crippen molar-refractivity contribution in [3.05, 3.63) is 96.1 Å². The van der Waals surface area contributed by atoms with Gasteiger partial charge in [0, 0.05) is 16.6 Å². The second-order valence-electron chi connectivity index (χ2n) is 7.69. The Kier molecular flexibility index (Phi) is 5.32. The molecule has 1 heterocycles. The van der Waals surface area contributed by atoms with E-state index in [1.807, 2.05) is 73.7 Å². The van der Waals surface area contributed by atoms with Gasteiger partial charge >= 0.3 is 5.97 Å². The monoisotopic (exact) mass is 436 g/mol. The van der Waals surface area contributed by atoms with E-state index < -0.39 is 18.5 Å². The molecule has 5 rings (SSSR count). The Morgan fingerprint density at radius 2 is 1.73 bits per heavy atom. The number of nitrogens with zero attached hydrogens (tertiary/aromatic N) is 1. The number of amides is 1. The average Bonchev–Trinajstić information content (AvgIpc) is 3.26. The Morgan fingerprint density at radius 1 is 0.939 bits per heavy atom. The van der Waals surface area contributed by atoms with E-state index >= 15 is 0 Å². The highest BCUT2D eigenvalue weighted by molar-refractivity contribution is 6.10. The van der Waals surface area contributed by atoms with E-state index in [1.54, 1.807) is 18.2 Å². The summed E-state index contributed by atoms with van der Waals surface area (Å²) >= 11 is 0. The van der Waals surface area contributed by atoms with Crippen LogP contribution in [0.2, 0.25) is 0 Å². The molecule has 6 heteroatoms. The Hall–Kier alpha value is -4.45. The molecule has 1 aromatic heterocycles. The first-order valence-electron chi connectivity index (χ1n) is 10.5. The lowest BCUT2D eigenvalue weighted by molar-refractivity contribution is -0.119. The molecule has 162 valence electrons. The average molecular weight is 436 g/mol. The number of carbonyl (C=O) groups is 2. The highest BCUT2D eigenvalue weighted by atomic mass is 16.5. The molecule has 0 aliphatic carbocycles. The highest BCUT2D eigenvalue weighted by Gasteiger charge is 2.19. The number of carbonyl (C=O) groups excluding carboxylic acids is 2. The van der Waals surface area contributed by atoms with Crippen LogP contribution in [0.15, 0.2) is 89.3 Å². The first-order valence-corrected chi connectivity index (χ1v) is 10.5. The van der Waals surface area contributed by atoms with Crippen molar-refractivity contribution in [2.45, 2.75) is 6.92 Å². The first kappa shape index (κ1) is 20.5. The largest absolute Gasteiger partial charge is 0.452 e. The number of esters is 1. The molecular formula is C27H20N2O4. The molecule has 0 bridgehead atoms. The maximum absolute atomic E-state index is 13.0. The van der Waals surface area contributed by atoms with E-state index in [9.17, 15) is 9.59 Å². The number of para-hydroxylation sites is 2. The molecule has 33 heavy (non-hydrogen) atoms. The Balaban J connectivity index is 1.43. The summed E-state index contributed by atoms with van der Waals surface area (Å²) in [7, 11) is 0. The van der Waals surface area contributed by atoms with Gasteiger partial charge in [0.15, 0.2) is 12.2 Å². The minimum absolute atomic E-state index is 0.341. The molecule has 4 aromatic carbocycles. The fourth-order valence-electron chi connectivity index (χ4n) is 3.81. The fraction of sp³-hybridized carbons (Fsp3) is 0.0741. The number of benzene rings is 4. The number of fused-ring (bicyclic) bond motifs is 2. The van der Waals surface area contributed by atoms with E-state index in [4.69, 9.17) is 9.15 Å². The van der Waals surface area contributed by atoms with Crippen LogP contribution in [0.4, 0.5) is 5.69 Å². The summed E-state index contributed by atoms with van der Waals surface area (Å²) in [6, 6.07) is 25.9. The third-order valence-corrected chi connectivity index (χ3v) is 5.29. The Morgan fingerprint density at radius 3 is 2.55 bits per heavy atom. The summed E-state index contributed by atoms with van der Waals surface area (Å²) in [5, 5.41) is 4.24. The smallest absolute Gasteiger partial charge is 0.339 e. The van der Waals surface area contributed by atoms with Crippen molar-refractivity contribution in [2.24, 2.45) is 0 Å². The second kappa shape index (κ2) is 8.59. The van der Waals surface area contributed by atoms with Crippen LogP contribution in [-0.4, -0.2) is 23.5 Å². The van der Waals surface area contributed by atoms with Crippen LogP contribution in [0.3, 0.4) is 0 Å². The van der Waals surface area contributed by atoms with Gasteiger partial charge in [-0.2, -0.15) is 0 Å². The molecule has 0 atom stereocenters. The quantitative estimate of drug-likeness (QED) is 0.355. The number of aryl methyl sites for hydroxylation is 1. The third-order valence-electron chi connectivity index (χ3n) is 5.29. The zero-order valence-corrected chi connectivity index (χ0v) is 17.9. The molecule has 1 N–H and O–H groups in total. The molecule has 0 aliphatic rings. The zero-order valence-electron chi connectivity index (χ0n) is 17.9. The number of rotatable bonds is 5. The van der Waals surface area contributed by atoms with E-state index in [2.05, 4.69) is 10.3 Å². The summed E-state index contributed by atoms with van der Waals surface area (Å²) in [5.41, 5.74) is 4.09. The molecule has 0 saturated carbocycles. The zero-order chi connectivity index (χ0) is 22.8. The molecule has 5 aromatic rings. The summed E-state index contributed by atoms with van der Waals surface area (Å²) in [6.07, 6.45) is 0. The van der Waals surface area contributed by atoms with E-state index in [0.717, 1.165) is 16.5 Å². The lowest BCUT2D eigenvalue weighted by Crippen LogP contribution is -2.21. The van der Waals surface area contributed by atoms with Gasteiger partial charge in [0.05, 0.1) is 5.56 Å². The molecule has 0 spiro atoms. The molecule has 0 aliphatic heterocycles. The lowest BCUT2D eigenvalue weighted by atomic mass is 9.99. The number of hydrogen-bond acceptors (Lipinski definition) is 5. The maximum atomic E-state index is 13.0. The van der Waals surface area contributed by atoms with Crippen LogP contribution in [0.1, 0.15) is 15.9 Å². The van der Waals surface area contributed by atoms with Crippen molar-refractivity contribution < 1.29 is 18.7 Å². The van der Waals surface area contributed by atoms with Gasteiger partial charge in [-0.15, -0.1) is 0 Å². The van der Waals surface area contributed by atoms with E-state index in [0.29, 0.717) is 33.7 Å². The second-order valence-corrected chi connectivity index (χ2v) is 7.69. The van der Waals surface area contributed by atoms with E-state index in [-0.39, 0.29) is 0 Å². The van der Waals surface area contributed by atoms with Crippen molar-refractivity contribution in [2.75, 3.05) is 11.9 Å². The van der Waals surface area contributed by atoms with Gasteiger partial charge in [-0.1, -0.05) is 48.5 Å². The first-order chi connectivity index (χ1) is 16.1. The minimum atomic E-state index is -0.594. The van der Waals surface area contributed by atoms with Crippen LogP contribution in [0, 0.1) is 6.92 Å². The minimum Gasteiger partial charge on any atom is -0.452 e. The van der Waals surface area contributed by atoms with Crippen LogP contribution in [-0.2, 0) is 9.53 Å². The third kappa shape index (κ3) is 4.19. The van der Waals surface area contributed by atoms with Crippen LogP contribution < -0.4 is 5.32 Å². The number of nitrogens with one attached hydrogen (secondary N) is 1. The SMILES string of the molecule is Cc1cccc(NC(=O)COC(=O)c2cccc3cccc(-c4nc5ccccc5o4)c23)c1. The highest BCUT2D eigenvalue weighted by Crippen LogP contribution is 2.33. The van der Waals surface area contributed by atoms with Gasteiger partial charge in [-0.25, -0.2) is 9.78 Å². The molecule has 0 fully saturated rings. The fourth-order valence-corrected chi connectivity index (χ4v) is 3.81. The molecule has 0 unspecified atom stereocenters. The van der Waals surface area contributed by atoms with Gasteiger partial charge < -0.3 is 14.5 Å². The van der Waals surface area contributed by atoms with Crippen LogP contribution >= 0.6 is 0 Å². The van der Waals surface area contributed by atoms with Gasteiger partial charge in [-0.3, -0.25) is 4.79 Å². The molecular weight excluding hydrogens is 416 g/mol. The normalized spacial score (nSPS) is 10.9. The number of ether oxygens (including phenoxy) is 1. The standard InChI is InChI=1S/C27H20N2O4/c1-17-7-4-10-19(15-17)28-24(30)16-32-27(31)21-12-6-9-18-8-5-11-20(25(18)21)26-29-22-13-2-3-14-23(22)33-26/h2-15H,16H2,1H3,(H,28,30). The number of anilines is 1. The van der Waals surface area contributed by atoms with Crippen molar-refractivity contribution in [3.63, 3.8) is 0 Å².